The van der Waals surface area contributed by atoms with Crippen molar-refractivity contribution in [2.24, 2.45) is 5.92 Å². The van der Waals surface area contributed by atoms with Crippen molar-refractivity contribution in [3.63, 3.8) is 0 Å². The van der Waals surface area contributed by atoms with Crippen molar-refractivity contribution in [3.05, 3.63) is 34.9 Å². The van der Waals surface area contributed by atoms with Gasteiger partial charge < -0.3 is 10.2 Å². The van der Waals surface area contributed by atoms with E-state index in [9.17, 15) is 14.4 Å². The summed E-state index contributed by atoms with van der Waals surface area (Å²) in [7, 11) is 0. The molecule has 1 aromatic carbocycles. The Morgan fingerprint density at radius 1 is 1.11 bits per heavy atom. The Morgan fingerprint density at radius 3 is 2.64 bits per heavy atom. The van der Waals surface area contributed by atoms with Crippen molar-refractivity contribution < 1.29 is 14.4 Å². The van der Waals surface area contributed by atoms with Gasteiger partial charge in [0, 0.05) is 30.5 Å². The minimum Gasteiger partial charge on any atom is -0.322 e. The third kappa shape index (κ3) is 4.06. The molecule has 7 heteroatoms. The van der Waals surface area contributed by atoms with E-state index < -0.39 is 6.04 Å². The van der Waals surface area contributed by atoms with Crippen molar-refractivity contribution in [1.82, 2.24) is 15.5 Å². The number of amides is 3. The fourth-order valence-electron chi connectivity index (χ4n) is 4.08. The number of hydrogen-bond acceptors (Lipinski definition) is 4. The molecule has 4 rings (SSSR count). The van der Waals surface area contributed by atoms with E-state index in [2.05, 4.69) is 22.5 Å². The third-order valence-electron chi connectivity index (χ3n) is 5.65. The summed E-state index contributed by atoms with van der Waals surface area (Å²) >= 11 is 0. The first-order valence-corrected chi connectivity index (χ1v) is 9.59. The lowest BCUT2D eigenvalue weighted by Gasteiger charge is -2.29. The Bertz CT molecular complexity index is 852. The molecule has 28 heavy (non-hydrogen) atoms. The Labute approximate surface area is 170 Å². The largest absolute Gasteiger partial charge is 0.322 e. The molecule has 3 amide bonds. The van der Waals surface area contributed by atoms with Crippen LogP contribution < -0.4 is 10.6 Å². The molecule has 2 fully saturated rings. The van der Waals surface area contributed by atoms with Gasteiger partial charge in [0.1, 0.15) is 6.04 Å². The van der Waals surface area contributed by atoms with Gasteiger partial charge in [-0.25, -0.2) is 0 Å². The number of nitrogens with one attached hydrogen (secondary N) is 2. The third-order valence-corrected chi connectivity index (χ3v) is 5.65. The summed E-state index contributed by atoms with van der Waals surface area (Å²) in [4.78, 5) is 37.9. The molecule has 2 saturated heterocycles. The van der Waals surface area contributed by atoms with Crippen LogP contribution in [0, 0.1) is 17.8 Å². The molecule has 2 N–H and O–H groups in total. The first-order chi connectivity index (χ1) is 13.1. The molecule has 1 aromatic rings. The molecule has 3 heterocycles. The summed E-state index contributed by atoms with van der Waals surface area (Å²) < 4.78 is 0. The Kier molecular flexibility index (Phi) is 6.38. The lowest BCUT2D eigenvalue weighted by molar-refractivity contribution is -0.136. The monoisotopic (exact) mass is 401 g/mol. The van der Waals surface area contributed by atoms with Gasteiger partial charge >= 0.3 is 0 Å². The van der Waals surface area contributed by atoms with E-state index in [1.54, 1.807) is 11.0 Å². The number of carbonyl (C=O) groups excluding carboxylic acids is 3. The van der Waals surface area contributed by atoms with E-state index in [-0.39, 0.29) is 36.5 Å². The molecule has 0 aromatic heterocycles. The fraction of sp³-hybridized carbons (Fsp3) is 0.476. The molecular weight excluding hydrogens is 378 g/mol. The van der Waals surface area contributed by atoms with E-state index in [0.29, 0.717) is 24.4 Å². The van der Waals surface area contributed by atoms with Crippen molar-refractivity contribution in [3.8, 4) is 11.8 Å². The molecule has 0 saturated carbocycles. The quantitative estimate of drug-likeness (QED) is 0.583. The van der Waals surface area contributed by atoms with Crippen molar-refractivity contribution in [2.75, 3.05) is 13.1 Å². The van der Waals surface area contributed by atoms with Crippen LogP contribution in [0.2, 0.25) is 0 Å². The molecule has 0 spiro atoms. The maximum Gasteiger partial charge on any atom is 0.255 e. The maximum absolute atomic E-state index is 12.8. The molecule has 148 valence electrons. The second kappa shape index (κ2) is 8.76. The van der Waals surface area contributed by atoms with Crippen LogP contribution in [0.25, 0.3) is 0 Å². The summed E-state index contributed by atoms with van der Waals surface area (Å²) in [6.45, 7) is 2.49. The molecule has 6 nitrogen and oxygen atoms in total. The topological polar surface area (TPSA) is 78.5 Å². The average molecular weight is 402 g/mol. The minimum atomic E-state index is -0.585. The van der Waals surface area contributed by atoms with Crippen LogP contribution in [-0.4, -0.2) is 41.8 Å². The Balaban J connectivity index is 0.00000225. The van der Waals surface area contributed by atoms with Crippen molar-refractivity contribution in [1.29, 1.82) is 0 Å². The number of benzene rings is 1. The second-order valence-electron chi connectivity index (χ2n) is 7.43. The van der Waals surface area contributed by atoms with Gasteiger partial charge in [0.05, 0.1) is 0 Å². The summed E-state index contributed by atoms with van der Waals surface area (Å²) in [5.41, 5.74) is 2.38. The standard InChI is InChI=1S/C21H23N3O3.ClH/c25-19-8-7-18(20(26)23-19)24-13-17-15(5-2-6-16(17)21(24)27)4-1-3-14-9-11-22-12-10-14;/h2,5-6,14,18,22H,3,7-13H2,(H,23,25,26);1H. The molecule has 1 atom stereocenters. The zero-order chi connectivity index (χ0) is 18.8. The second-order valence-corrected chi connectivity index (χ2v) is 7.43. The van der Waals surface area contributed by atoms with Gasteiger partial charge in [0.25, 0.3) is 5.91 Å². The number of hydrogen-bond donors (Lipinski definition) is 2. The number of halogens is 1. The van der Waals surface area contributed by atoms with E-state index in [0.717, 1.165) is 43.5 Å². The van der Waals surface area contributed by atoms with Gasteiger partial charge in [0.15, 0.2) is 0 Å². The van der Waals surface area contributed by atoms with Gasteiger partial charge in [0.2, 0.25) is 11.8 Å². The summed E-state index contributed by atoms with van der Waals surface area (Å²) in [6.07, 6.45) is 3.82. The molecule has 3 aliphatic heterocycles. The van der Waals surface area contributed by atoms with Crippen LogP contribution in [0.4, 0.5) is 0 Å². The van der Waals surface area contributed by atoms with Gasteiger partial charge in [-0.15, -0.1) is 12.4 Å². The highest BCUT2D eigenvalue weighted by molar-refractivity contribution is 6.05. The maximum atomic E-state index is 12.8. The number of piperidine rings is 2. The number of carbonyl (C=O) groups is 3. The first-order valence-electron chi connectivity index (χ1n) is 9.59. The van der Waals surface area contributed by atoms with Crippen LogP contribution in [0.15, 0.2) is 18.2 Å². The minimum absolute atomic E-state index is 0. The van der Waals surface area contributed by atoms with Crippen LogP contribution >= 0.6 is 12.4 Å². The number of imide groups is 1. The lowest BCUT2D eigenvalue weighted by atomic mass is 9.94. The van der Waals surface area contributed by atoms with Crippen LogP contribution in [0.5, 0.6) is 0 Å². The molecule has 0 aliphatic carbocycles. The summed E-state index contributed by atoms with van der Waals surface area (Å²) in [5.74, 6) is 6.37. The summed E-state index contributed by atoms with van der Waals surface area (Å²) in [5, 5.41) is 5.69. The van der Waals surface area contributed by atoms with Crippen LogP contribution in [0.1, 0.15) is 53.6 Å². The van der Waals surface area contributed by atoms with Crippen LogP contribution in [0.3, 0.4) is 0 Å². The van der Waals surface area contributed by atoms with Crippen LogP contribution in [-0.2, 0) is 16.1 Å². The normalized spacial score (nSPS) is 22.1. The van der Waals surface area contributed by atoms with E-state index in [1.807, 2.05) is 12.1 Å². The SMILES string of the molecule is Cl.O=C1CCC(N2Cc3c(C#CCC4CCNCC4)cccc3C2=O)C(=O)N1. The van der Waals surface area contributed by atoms with Gasteiger partial charge in [-0.3, -0.25) is 19.7 Å². The number of fused-ring (bicyclic) bond motifs is 1. The van der Waals surface area contributed by atoms with Gasteiger partial charge in [-0.1, -0.05) is 17.9 Å². The first kappa shape index (κ1) is 20.4. The lowest BCUT2D eigenvalue weighted by Crippen LogP contribution is -2.52. The van der Waals surface area contributed by atoms with Crippen molar-refractivity contribution >= 4 is 30.1 Å². The summed E-state index contributed by atoms with van der Waals surface area (Å²) in [6, 6.07) is 4.99. The Hall–Kier alpha value is -2.36. The average Bonchev–Trinajstić information content (AvgIpc) is 3.00. The molecular formula is C21H24ClN3O3. The number of nitrogens with zero attached hydrogens (tertiary/aromatic N) is 1. The van der Waals surface area contributed by atoms with Gasteiger partial charge in [-0.2, -0.15) is 0 Å². The van der Waals surface area contributed by atoms with E-state index in [4.69, 9.17) is 0 Å². The van der Waals surface area contributed by atoms with E-state index in [1.165, 1.54) is 0 Å². The smallest absolute Gasteiger partial charge is 0.255 e. The predicted molar refractivity (Wildman–Crippen MR) is 107 cm³/mol. The highest BCUT2D eigenvalue weighted by atomic mass is 35.5. The molecule has 0 radical (unpaired) electrons. The molecule has 1 unspecified atom stereocenters. The van der Waals surface area contributed by atoms with E-state index >= 15 is 0 Å². The molecule has 0 bridgehead atoms. The van der Waals surface area contributed by atoms with Gasteiger partial charge in [-0.05, 0) is 56.0 Å². The zero-order valence-corrected chi connectivity index (χ0v) is 16.4. The zero-order valence-electron chi connectivity index (χ0n) is 15.6. The number of rotatable bonds is 2. The fourth-order valence-corrected chi connectivity index (χ4v) is 4.08. The highest BCUT2D eigenvalue weighted by Gasteiger charge is 2.39. The highest BCUT2D eigenvalue weighted by Crippen LogP contribution is 2.29. The predicted octanol–water partition coefficient (Wildman–Crippen LogP) is 1.61. The molecule has 3 aliphatic rings. The van der Waals surface area contributed by atoms with Crippen molar-refractivity contribution in [2.45, 2.75) is 44.7 Å². The Morgan fingerprint density at radius 2 is 1.89 bits per heavy atom.